The predicted octanol–water partition coefficient (Wildman–Crippen LogP) is 3.14. The van der Waals surface area contributed by atoms with Gasteiger partial charge in [-0.2, -0.15) is 8.76 Å². The highest BCUT2D eigenvalue weighted by Crippen LogP contribution is 2.26. The van der Waals surface area contributed by atoms with Crippen LogP contribution in [0.1, 0.15) is 5.56 Å². The summed E-state index contributed by atoms with van der Waals surface area (Å²) in [6.07, 6.45) is 3.51. The summed E-state index contributed by atoms with van der Waals surface area (Å²) >= 11 is 0.845. The number of hydrogen-bond acceptors (Lipinski definition) is 5. The summed E-state index contributed by atoms with van der Waals surface area (Å²) in [5, 5.41) is 0. The van der Waals surface area contributed by atoms with E-state index in [0.717, 1.165) is 28.3 Å². The molecule has 0 radical (unpaired) electrons. The second kappa shape index (κ2) is 5.27. The van der Waals surface area contributed by atoms with Crippen LogP contribution in [0.2, 0.25) is 0 Å². The number of fused-ring (bicyclic) bond motifs is 1. The van der Waals surface area contributed by atoms with Crippen molar-refractivity contribution in [2.75, 3.05) is 0 Å². The van der Waals surface area contributed by atoms with Gasteiger partial charge in [-0.25, -0.2) is 4.98 Å². The molecule has 108 valence electrons. The van der Waals surface area contributed by atoms with E-state index in [1.807, 2.05) is 41.0 Å². The number of pyridine rings is 1. The molecule has 0 aliphatic heterocycles. The molecule has 0 spiro atoms. The Bertz CT molecular complexity index is 931. The molecule has 7 heteroatoms. The highest BCUT2D eigenvalue weighted by molar-refractivity contribution is 6.99. The fourth-order valence-corrected chi connectivity index (χ4v) is 2.84. The van der Waals surface area contributed by atoms with Gasteiger partial charge in [0.1, 0.15) is 0 Å². The molecule has 0 aliphatic rings. The summed E-state index contributed by atoms with van der Waals surface area (Å²) in [6, 6.07) is 11.5. The van der Waals surface area contributed by atoms with Crippen molar-refractivity contribution in [1.29, 1.82) is 0 Å². The van der Waals surface area contributed by atoms with Crippen molar-refractivity contribution in [3.8, 4) is 11.5 Å². The summed E-state index contributed by atoms with van der Waals surface area (Å²) in [5.74, 6) is -0.107. The first kappa shape index (κ1) is 13.0. The number of halogens is 1. The molecule has 0 saturated carbocycles. The summed E-state index contributed by atoms with van der Waals surface area (Å²) in [7, 11) is 0. The topological polar surface area (TPSA) is 56.5 Å². The molecule has 0 atom stereocenters. The number of imidazole rings is 1. The van der Waals surface area contributed by atoms with Crippen molar-refractivity contribution < 1.29 is 4.39 Å². The Kier molecular flexibility index (Phi) is 3.12. The Morgan fingerprint density at radius 1 is 1.09 bits per heavy atom. The van der Waals surface area contributed by atoms with Crippen molar-refractivity contribution in [3.05, 3.63) is 60.3 Å². The Labute approximate surface area is 129 Å². The molecule has 3 aromatic heterocycles. The third-order valence-electron chi connectivity index (χ3n) is 3.38. The van der Waals surface area contributed by atoms with Crippen LogP contribution in [0, 0.1) is 5.95 Å². The maximum Gasteiger partial charge on any atom is 0.255 e. The molecule has 5 nitrogen and oxygen atoms in total. The van der Waals surface area contributed by atoms with Crippen molar-refractivity contribution in [1.82, 2.24) is 23.3 Å². The summed E-state index contributed by atoms with van der Waals surface area (Å²) in [5.41, 5.74) is 2.92. The van der Waals surface area contributed by atoms with Crippen molar-refractivity contribution in [2.45, 2.75) is 6.54 Å². The van der Waals surface area contributed by atoms with E-state index in [4.69, 9.17) is 0 Å². The minimum atomic E-state index is -0.590. The number of nitrogens with zero attached hydrogens (tertiary/aromatic N) is 5. The minimum absolute atomic E-state index is 0.185. The van der Waals surface area contributed by atoms with Crippen LogP contribution in [0.5, 0.6) is 0 Å². The Hall–Kier alpha value is -2.67. The normalized spacial score (nSPS) is 11.1. The standard InChI is InChI=1S/C15H10FN5S/c16-14-13(19-22-20-14)15-18-11-5-1-2-6-12(11)21(15)9-10-4-3-7-17-8-10/h1-8H,9H2. The van der Waals surface area contributed by atoms with E-state index in [-0.39, 0.29) is 5.69 Å². The molecule has 3 heterocycles. The van der Waals surface area contributed by atoms with Gasteiger partial charge in [-0.1, -0.05) is 18.2 Å². The molecular formula is C15H10FN5S. The van der Waals surface area contributed by atoms with E-state index in [2.05, 4.69) is 18.7 Å². The summed E-state index contributed by atoms with van der Waals surface area (Å²) in [4.78, 5) is 8.64. The van der Waals surface area contributed by atoms with E-state index in [9.17, 15) is 4.39 Å². The molecule has 22 heavy (non-hydrogen) atoms. The van der Waals surface area contributed by atoms with Gasteiger partial charge in [0.2, 0.25) is 0 Å². The number of para-hydroxylation sites is 2. The molecule has 1 aromatic carbocycles. The van der Waals surface area contributed by atoms with Crippen LogP contribution in [0.3, 0.4) is 0 Å². The van der Waals surface area contributed by atoms with Gasteiger partial charge >= 0.3 is 0 Å². The maximum atomic E-state index is 13.9. The van der Waals surface area contributed by atoms with Crippen LogP contribution in [-0.2, 0) is 6.54 Å². The van der Waals surface area contributed by atoms with Crippen LogP contribution < -0.4 is 0 Å². The molecule has 0 fully saturated rings. The van der Waals surface area contributed by atoms with Crippen LogP contribution in [0.4, 0.5) is 4.39 Å². The lowest BCUT2D eigenvalue weighted by atomic mass is 10.2. The van der Waals surface area contributed by atoms with Crippen LogP contribution in [-0.4, -0.2) is 23.3 Å². The van der Waals surface area contributed by atoms with Crippen LogP contribution in [0.15, 0.2) is 48.8 Å². The van der Waals surface area contributed by atoms with Gasteiger partial charge in [0.25, 0.3) is 5.95 Å². The lowest BCUT2D eigenvalue weighted by Crippen LogP contribution is -2.03. The lowest BCUT2D eigenvalue weighted by Gasteiger charge is -2.07. The Morgan fingerprint density at radius 2 is 2.00 bits per heavy atom. The van der Waals surface area contributed by atoms with E-state index >= 15 is 0 Å². The highest BCUT2D eigenvalue weighted by atomic mass is 32.1. The zero-order valence-corrected chi connectivity index (χ0v) is 12.2. The largest absolute Gasteiger partial charge is 0.318 e. The first-order chi connectivity index (χ1) is 10.8. The van der Waals surface area contributed by atoms with E-state index in [1.165, 1.54) is 0 Å². The first-order valence-electron chi connectivity index (χ1n) is 6.65. The van der Waals surface area contributed by atoms with Gasteiger partial charge in [0.05, 0.1) is 29.3 Å². The second-order valence-corrected chi connectivity index (χ2v) is 5.30. The zero-order chi connectivity index (χ0) is 14.9. The van der Waals surface area contributed by atoms with Crippen molar-refractivity contribution in [3.63, 3.8) is 0 Å². The van der Waals surface area contributed by atoms with Crippen LogP contribution >= 0.6 is 11.7 Å². The highest BCUT2D eigenvalue weighted by Gasteiger charge is 2.19. The SMILES string of the molecule is Fc1nsnc1-c1nc2ccccc2n1Cc1cccnc1. The smallest absolute Gasteiger partial charge is 0.255 e. The average molecular weight is 311 g/mol. The molecule has 0 amide bonds. The van der Waals surface area contributed by atoms with Gasteiger partial charge in [0.15, 0.2) is 11.5 Å². The lowest BCUT2D eigenvalue weighted by molar-refractivity contribution is 0.596. The molecule has 0 saturated heterocycles. The quantitative estimate of drug-likeness (QED) is 0.583. The molecule has 4 aromatic rings. The number of benzene rings is 1. The Morgan fingerprint density at radius 3 is 2.77 bits per heavy atom. The van der Waals surface area contributed by atoms with Gasteiger partial charge in [-0.3, -0.25) is 4.98 Å². The van der Waals surface area contributed by atoms with Gasteiger partial charge in [-0.15, -0.1) is 4.37 Å². The summed E-state index contributed by atoms with van der Waals surface area (Å²) < 4.78 is 23.4. The van der Waals surface area contributed by atoms with Gasteiger partial charge in [-0.05, 0) is 23.8 Å². The average Bonchev–Trinajstić information content (AvgIpc) is 3.12. The molecule has 0 aliphatic carbocycles. The molecule has 0 bridgehead atoms. The fourth-order valence-electron chi connectivity index (χ4n) is 2.40. The molecule has 0 unspecified atom stereocenters. The monoisotopic (exact) mass is 311 g/mol. The third kappa shape index (κ3) is 2.15. The predicted molar refractivity (Wildman–Crippen MR) is 81.9 cm³/mol. The Balaban J connectivity index is 1.93. The van der Waals surface area contributed by atoms with E-state index in [1.54, 1.807) is 12.4 Å². The van der Waals surface area contributed by atoms with Crippen LogP contribution in [0.25, 0.3) is 22.6 Å². The second-order valence-electron chi connectivity index (χ2n) is 4.78. The molecule has 4 rings (SSSR count). The fraction of sp³-hybridized carbons (Fsp3) is 0.0667. The maximum absolute atomic E-state index is 13.9. The number of hydrogen-bond donors (Lipinski definition) is 0. The van der Waals surface area contributed by atoms with E-state index in [0.29, 0.717) is 12.4 Å². The number of rotatable bonds is 3. The van der Waals surface area contributed by atoms with Crippen molar-refractivity contribution in [2.24, 2.45) is 0 Å². The zero-order valence-electron chi connectivity index (χ0n) is 11.3. The van der Waals surface area contributed by atoms with Gasteiger partial charge in [0, 0.05) is 12.4 Å². The van der Waals surface area contributed by atoms with Crippen molar-refractivity contribution >= 4 is 22.8 Å². The molecular weight excluding hydrogens is 301 g/mol. The summed E-state index contributed by atoms with van der Waals surface area (Å²) in [6.45, 7) is 0.542. The third-order valence-corrected chi connectivity index (χ3v) is 3.88. The molecule has 0 N–H and O–H groups in total. The minimum Gasteiger partial charge on any atom is -0.318 e. The van der Waals surface area contributed by atoms with E-state index < -0.39 is 5.95 Å². The number of aromatic nitrogens is 5. The van der Waals surface area contributed by atoms with Gasteiger partial charge < -0.3 is 4.57 Å². The first-order valence-corrected chi connectivity index (χ1v) is 7.38.